The molecule has 1 aromatic heterocycles. The first-order valence-electron chi connectivity index (χ1n) is 8.79. The number of benzene rings is 2. The third-order valence-corrected chi connectivity index (χ3v) is 4.17. The van der Waals surface area contributed by atoms with Crippen molar-refractivity contribution < 1.29 is 14.3 Å². The maximum Gasteiger partial charge on any atom is 0.337 e. The first kappa shape index (κ1) is 19.1. The second kappa shape index (κ2) is 8.81. The quantitative estimate of drug-likeness (QED) is 0.640. The number of amides is 1. The van der Waals surface area contributed by atoms with Crippen molar-refractivity contribution in [1.29, 1.82) is 0 Å². The van der Waals surface area contributed by atoms with E-state index in [9.17, 15) is 9.59 Å². The lowest BCUT2D eigenvalue weighted by molar-refractivity contribution is 0.0600. The standard InChI is InChI=1S/C22H21N3O3/c1-15-3-5-16(6-4-15)12-24-21(26)18-11-20(14-23-13-18)25-19-9-7-17(8-10-19)22(27)28-2/h3-11,13-14,25H,12H2,1-2H3,(H,24,26). The Kier molecular flexibility index (Phi) is 6.01. The fraction of sp³-hybridized carbons (Fsp3) is 0.136. The number of nitrogens with zero attached hydrogens (tertiary/aromatic N) is 1. The van der Waals surface area contributed by atoms with E-state index in [4.69, 9.17) is 0 Å². The Morgan fingerprint density at radius 2 is 1.64 bits per heavy atom. The van der Waals surface area contributed by atoms with E-state index in [2.05, 4.69) is 20.4 Å². The van der Waals surface area contributed by atoms with E-state index < -0.39 is 0 Å². The van der Waals surface area contributed by atoms with Crippen LogP contribution >= 0.6 is 0 Å². The molecule has 0 bridgehead atoms. The number of esters is 1. The molecule has 0 unspecified atom stereocenters. The number of anilines is 2. The van der Waals surface area contributed by atoms with Crippen LogP contribution in [0.25, 0.3) is 0 Å². The molecule has 2 aromatic carbocycles. The van der Waals surface area contributed by atoms with E-state index >= 15 is 0 Å². The number of ether oxygens (including phenoxy) is 1. The van der Waals surface area contributed by atoms with Gasteiger partial charge in [-0.25, -0.2) is 4.79 Å². The summed E-state index contributed by atoms with van der Waals surface area (Å²) in [5.74, 6) is -0.585. The van der Waals surface area contributed by atoms with Crippen molar-refractivity contribution in [1.82, 2.24) is 10.3 Å². The van der Waals surface area contributed by atoms with Crippen LogP contribution < -0.4 is 10.6 Å². The van der Waals surface area contributed by atoms with Gasteiger partial charge in [-0.05, 0) is 42.8 Å². The summed E-state index contributed by atoms with van der Waals surface area (Å²) in [6.45, 7) is 2.47. The van der Waals surface area contributed by atoms with Crippen LogP contribution in [0.1, 0.15) is 31.8 Å². The summed E-state index contributed by atoms with van der Waals surface area (Å²) in [6.07, 6.45) is 3.15. The van der Waals surface area contributed by atoms with Crippen LogP contribution in [0.15, 0.2) is 67.0 Å². The van der Waals surface area contributed by atoms with Gasteiger partial charge in [-0.1, -0.05) is 29.8 Å². The highest BCUT2D eigenvalue weighted by Crippen LogP contribution is 2.18. The average molecular weight is 375 g/mol. The Morgan fingerprint density at radius 3 is 2.32 bits per heavy atom. The number of hydrogen-bond donors (Lipinski definition) is 2. The van der Waals surface area contributed by atoms with Crippen molar-refractivity contribution in [2.45, 2.75) is 13.5 Å². The Balaban J connectivity index is 1.63. The summed E-state index contributed by atoms with van der Waals surface area (Å²) < 4.78 is 4.68. The van der Waals surface area contributed by atoms with Crippen molar-refractivity contribution in [3.63, 3.8) is 0 Å². The van der Waals surface area contributed by atoms with Crippen molar-refractivity contribution in [2.75, 3.05) is 12.4 Å². The fourth-order valence-corrected chi connectivity index (χ4v) is 2.60. The summed E-state index contributed by atoms with van der Waals surface area (Å²) in [5, 5.41) is 6.06. The first-order valence-corrected chi connectivity index (χ1v) is 8.79. The lowest BCUT2D eigenvalue weighted by atomic mass is 10.1. The maximum absolute atomic E-state index is 12.4. The number of hydrogen-bond acceptors (Lipinski definition) is 5. The predicted octanol–water partition coefficient (Wildman–Crippen LogP) is 3.85. The highest BCUT2D eigenvalue weighted by Gasteiger charge is 2.08. The number of rotatable bonds is 6. The third kappa shape index (κ3) is 4.94. The van der Waals surface area contributed by atoms with Crippen LogP contribution in [0.4, 0.5) is 11.4 Å². The van der Waals surface area contributed by atoms with Gasteiger partial charge in [0.2, 0.25) is 0 Å². The monoisotopic (exact) mass is 375 g/mol. The summed E-state index contributed by atoms with van der Waals surface area (Å²) in [5.41, 5.74) is 4.59. The molecule has 0 saturated heterocycles. The van der Waals surface area contributed by atoms with Gasteiger partial charge in [-0.3, -0.25) is 9.78 Å². The van der Waals surface area contributed by atoms with E-state index in [-0.39, 0.29) is 11.9 Å². The zero-order valence-corrected chi connectivity index (χ0v) is 15.7. The van der Waals surface area contributed by atoms with Crippen LogP contribution in [-0.4, -0.2) is 24.0 Å². The van der Waals surface area contributed by atoms with Gasteiger partial charge < -0.3 is 15.4 Å². The lowest BCUT2D eigenvalue weighted by Gasteiger charge is -2.09. The summed E-state index contributed by atoms with van der Waals surface area (Å²) in [4.78, 5) is 28.0. The van der Waals surface area contributed by atoms with Gasteiger partial charge in [0.1, 0.15) is 0 Å². The molecule has 0 spiro atoms. The fourth-order valence-electron chi connectivity index (χ4n) is 2.60. The number of aryl methyl sites for hydroxylation is 1. The highest BCUT2D eigenvalue weighted by molar-refractivity contribution is 5.95. The molecule has 0 aliphatic heterocycles. The molecule has 0 atom stereocenters. The zero-order valence-electron chi connectivity index (χ0n) is 15.7. The SMILES string of the molecule is COC(=O)c1ccc(Nc2cncc(C(=O)NCc3ccc(C)cc3)c2)cc1. The number of aromatic nitrogens is 1. The minimum Gasteiger partial charge on any atom is -0.465 e. The van der Waals surface area contributed by atoms with Gasteiger partial charge >= 0.3 is 5.97 Å². The average Bonchev–Trinajstić information content (AvgIpc) is 2.73. The Labute approximate surface area is 163 Å². The summed E-state index contributed by atoms with van der Waals surface area (Å²) in [7, 11) is 1.34. The highest BCUT2D eigenvalue weighted by atomic mass is 16.5. The molecular formula is C22H21N3O3. The second-order valence-corrected chi connectivity index (χ2v) is 6.32. The van der Waals surface area contributed by atoms with Crippen molar-refractivity contribution in [3.8, 4) is 0 Å². The molecule has 1 heterocycles. The Bertz CT molecular complexity index is 967. The lowest BCUT2D eigenvalue weighted by Crippen LogP contribution is -2.23. The number of carbonyl (C=O) groups excluding carboxylic acids is 2. The number of carbonyl (C=O) groups is 2. The summed E-state index contributed by atoms with van der Waals surface area (Å²) >= 11 is 0. The predicted molar refractivity (Wildman–Crippen MR) is 108 cm³/mol. The van der Waals surface area contributed by atoms with E-state index in [1.54, 1.807) is 36.5 Å². The smallest absolute Gasteiger partial charge is 0.337 e. The van der Waals surface area contributed by atoms with Crippen LogP contribution in [0.2, 0.25) is 0 Å². The molecule has 3 aromatic rings. The van der Waals surface area contributed by atoms with Crippen LogP contribution in [0.5, 0.6) is 0 Å². The zero-order chi connectivity index (χ0) is 19.9. The maximum atomic E-state index is 12.4. The van der Waals surface area contributed by atoms with Crippen molar-refractivity contribution in [2.24, 2.45) is 0 Å². The van der Waals surface area contributed by atoms with Crippen LogP contribution in [0.3, 0.4) is 0 Å². The molecule has 0 saturated carbocycles. The van der Waals surface area contributed by atoms with E-state index in [1.165, 1.54) is 18.9 Å². The normalized spacial score (nSPS) is 10.2. The molecule has 0 radical (unpaired) electrons. The molecule has 6 heteroatoms. The molecule has 2 N–H and O–H groups in total. The Morgan fingerprint density at radius 1 is 0.929 bits per heavy atom. The van der Waals surface area contributed by atoms with Gasteiger partial charge in [0.05, 0.1) is 30.1 Å². The van der Waals surface area contributed by atoms with Gasteiger partial charge in [-0.15, -0.1) is 0 Å². The van der Waals surface area contributed by atoms with Gasteiger partial charge in [0, 0.05) is 18.4 Å². The minimum atomic E-state index is -0.388. The van der Waals surface area contributed by atoms with Gasteiger partial charge in [0.15, 0.2) is 0 Å². The molecule has 142 valence electrons. The minimum absolute atomic E-state index is 0.197. The summed E-state index contributed by atoms with van der Waals surface area (Å²) in [6, 6.07) is 16.6. The van der Waals surface area contributed by atoms with E-state index in [1.807, 2.05) is 31.2 Å². The second-order valence-electron chi connectivity index (χ2n) is 6.32. The molecule has 3 rings (SSSR count). The molecule has 0 aliphatic carbocycles. The van der Waals surface area contributed by atoms with E-state index in [0.29, 0.717) is 23.4 Å². The van der Waals surface area contributed by atoms with E-state index in [0.717, 1.165) is 11.3 Å². The molecule has 0 aliphatic rings. The third-order valence-electron chi connectivity index (χ3n) is 4.17. The topological polar surface area (TPSA) is 80.3 Å². The number of methoxy groups -OCH3 is 1. The molecular weight excluding hydrogens is 354 g/mol. The van der Waals surface area contributed by atoms with Crippen LogP contribution in [0, 0.1) is 6.92 Å². The number of pyridine rings is 1. The molecule has 6 nitrogen and oxygen atoms in total. The number of nitrogens with one attached hydrogen (secondary N) is 2. The van der Waals surface area contributed by atoms with Crippen LogP contribution in [-0.2, 0) is 11.3 Å². The molecule has 1 amide bonds. The van der Waals surface area contributed by atoms with Gasteiger partial charge in [0.25, 0.3) is 5.91 Å². The largest absolute Gasteiger partial charge is 0.465 e. The van der Waals surface area contributed by atoms with Crippen molar-refractivity contribution >= 4 is 23.3 Å². The first-order chi connectivity index (χ1) is 13.5. The molecule has 28 heavy (non-hydrogen) atoms. The van der Waals surface area contributed by atoms with Crippen molar-refractivity contribution in [3.05, 3.63) is 89.2 Å². The Hall–Kier alpha value is -3.67. The van der Waals surface area contributed by atoms with Gasteiger partial charge in [-0.2, -0.15) is 0 Å². The molecule has 0 fully saturated rings.